The Morgan fingerprint density at radius 2 is 1.88 bits per heavy atom. The molecule has 5 heteroatoms. The standard InChI is InChI=1S/C19H33NO4/c1-7-11-20(13-16(21)14-24-19(2,3)4)12-15-9-8-10-17(22-5)18(15)23-6/h8-10,16,21H,7,11-14H2,1-6H3. The fourth-order valence-electron chi connectivity index (χ4n) is 2.57. The van der Waals surface area contributed by atoms with Gasteiger partial charge in [0.2, 0.25) is 0 Å². The Hall–Kier alpha value is -1.30. The average Bonchev–Trinajstić information content (AvgIpc) is 2.52. The number of methoxy groups -OCH3 is 2. The first kappa shape index (κ1) is 20.7. The van der Waals surface area contributed by atoms with Crippen LogP contribution in [0.15, 0.2) is 18.2 Å². The van der Waals surface area contributed by atoms with Gasteiger partial charge in [-0.3, -0.25) is 4.90 Å². The Kier molecular flexibility index (Phi) is 8.53. The fourth-order valence-corrected chi connectivity index (χ4v) is 2.57. The van der Waals surface area contributed by atoms with Crippen molar-refractivity contribution >= 4 is 0 Å². The van der Waals surface area contributed by atoms with E-state index in [4.69, 9.17) is 14.2 Å². The van der Waals surface area contributed by atoms with Gasteiger partial charge in [-0.05, 0) is 39.8 Å². The number of nitrogens with zero attached hydrogens (tertiary/aromatic N) is 1. The van der Waals surface area contributed by atoms with Gasteiger partial charge in [0.05, 0.1) is 32.5 Å². The summed E-state index contributed by atoms with van der Waals surface area (Å²) in [6, 6.07) is 5.88. The number of rotatable bonds is 10. The van der Waals surface area contributed by atoms with E-state index in [1.54, 1.807) is 14.2 Å². The maximum atomic E-state index is 10.3. The lowest BCUT2D eigenvalue weighted by atomic mass is 10.1. The molecule has 5 nitrogen and oxygen atoms in total. The predicted octanol–water partition coefficient (Wildman–Crippen LogP) is 3.09. The smallest absolute Gasteiger partial charge is 0.165 e. The molecule has 1 atom stereocenters. The van der Waals surface area contributed by atoms with Gasteiger partial charge in [0.15, 0.2) is 11.5 Å². The predicted molar refractivity (Wildman–Crippen MR) is 96.8 cm³/mol. The Balaban J connectivity index is 2.76. The quantitative estimate of drug-likeness (QED) is 0.710. The van der Waals surface area contributed by atoms with Crippen LogP contribution in [0.2, 0.25) is 0 Å². The minimum Gasteiger partial charge on any atom is -0.493 e. The van der Waals surface area contributed by atoms with Crippen LogP contribution >= 0.6 is 0 Å². The third kappa shape index (κ3) is 7.07. The molecule has 0 saturated heterocycles. The minimum absolute atomic E-state index is 0.243. The Morgan fingerprint density at radius 3 is 2.42 bits per heavy atom. The molecule has 0 aliphatic rings. The van der Waals surface area contributed by atoms with E-state index in [0.29, 0.717) is 19.7 Å². The van der Waals surface area contributed by atoms with Crippen LogP contribution in [0.5, 0.6) is 11.5 Å². The van der Waals surface area contributed by atoms with E-state index in [1.165, 1.54) is 0 Å². The molecule has 1 rings (SSSR count). The van der Waals surface area contributed by atoms with Crippen molar-refractivity contribution in [2.24, 2.45) is 0 Å². The highest BCUT2D eigenvalue weighted by molar-refractivity contribution is 5.46. The number of para-hydroxylation sites is 1. The first-order valence-corrected chi connectivity index (χ1v) is 8.55. The van der Waals surface area contributed by atoms with Gasteiger partial charge in [0.1, 0.15) is 0 Å². The van der Waals surface area contributed by atoms with E-state index < -0.39 is 6.10 Å². The van der Waals surface area contributed by atoms with Crippen molar-refractivity contribution in [3.05, 3.63) is 23.8 Å². The van der Waals surface area contributed by atoms with E-state index in [1.807, 2.05) is 39.0 Å². The molecular weight excluding hydrogens is 306 g/mol. The van der Waals surface area contributed by atoms with E-state index in [0.717, 1.165) is 30.0 Å². The van der Waals surface area contributed by atoms with Crippen LogP contribution in [0.4, 0.5) is 0 Å². The number of hydrogen-bond donors (Lipinski definition) is 1. The van der Waals surface area contributed by atoms with Crippen LogP contribution in [-0.2, 0) is 11.3 Å². The van der Waals surface area contributed by atoms with Gasteiger partial charge in [-0.25, -0.2) is 0 Å². The second-order valence-corrected chi connectivity index (χ2v) is 6.96. The summed E-state index contributed by atoms with van der Waals surface area (Å²) in [4.78, 5) is 2.22. The number of aliphatic hydroxyl groups excluding tert-OH is 1. The van der Waals surface area contributed by atoms with Crippen LogP contribution in [-0.4, -0.2) is 55.6 Å². The molecule has 1 aromatic rings. The van der Waals surface area contributed by atoms with Crippen LogP contribution in [0.1, 0.15) is 39.7 Å². The lowest BCUT2D eigenvalue weighted by molar-refractivity contribution is -0.0566. The van der Waals surface area contributed by atoms with Crippen molar-refractivity contribution in [3.63, 3.8) is 0 Å². The lowest BCUT2D eigenvalue weighted by Crippen LogP contribution is -2.37. The average molecular weight is 339 g/mol. The van der Waals surface area contributed by atoms with Crippen molar-refractivity contribution in [2.45, 2.75) is 52.4 Å². The highest BCUT2D eigenvalue weighted by Crippen LogP contribution is 2.31. The number of ether oxygens (including phenoxy) is 3. The Labute approximate surface area is 146 Å². The molecule has 1 aromatic carbocycles. The first-order valence-electron chi connectivity index (χ1n) is 8.55. The summed E-state index contributed by atoms with van der Waals surface area (Å²) < 4.78 is 16.5. The molecule has 0 aromatic heterocycles. The highest BCUT2D eigenvalue weighted by Gasteiger charge is 2.18. The highest BCUT2D eigenvalue weighted by atomic mass is 16.5. The van der Waals surface area contributed by atoms with Gasteiger partial charge in [0, 0.05) is 18.7 Å². The zero-order chi connectivity index (χ0) is 18.2. The maximum absolute atomic E-state index is 10.3. The first-order chi connectivity index (χ1) is 11.3. The third-order valence-corrected chi connectivity index (χ3v) is 3.60. The molecule has 1 N–H and O–H groups in total. The summed E-state index contributed by atoms with van der Waals surface area (Å²) in [6.45, 7) is 10.6. The number of hydrogen-bond acceptors (Lipinski definition) is 5. The van der Waals surface area contributed by atoms with Gasteiger partial charge < -0.3 is 19.3 Å². The largest absolute Gasteiger partial charge is 0.493 e. The molecule has 0 aliphatic carbocycles. The molecule has 0 fully saturated rings. The van der Waals surface area contributed by atoms with Crippen LogP contribution in [0.25, 0.3) is 0 Å². The van der Waals surface area contributed by atoms with Crippen molar-refractivity contribution in [1.82, 2.24) is 4.90 Å². The number of benzene rings is 1. The van der Waals surface area contributed by atoms with Crippen molar-refractivity contribution in [1.29, 1.82) is 0 Å². The number of aliphatic hydroxyl groups is 1. The zero-order valence-corrected chi connectivity index (χ0v) is 16.0. The summed E-state index contributed by atoms with van der Waals surface area (Å²) in [7, 11) is 3.29. The summed E-state index contributed by atoms with van der Waals surface area (Å²) in [5.41, 5.74) is 0.807. The fraction of sp³-hybridized carbons (Fsp3) is 0.684. The molecule has 0 amide bonds. The topological polar surface area (TPSA) is 51.2 Å². The summed E-state index contributed by atoms with van der Waals surface area (Å²) in [6.07, 6.45) is 0.492. The van der Waals surface area contributed by atoms with E-state index in [-0.39, 0.29) is 5.60 Å². The Bertz CT molecular complexity index is 485. The van der Waals surface area contributed by atoms with Crippen molar-refractivity contribution < 1.29 is 19.3 Å². The van der Waals surface area contributed by atoms with E-state index >= 15 is 0 Å². The van der Waals surface area contributed by atoms with Gasteiger partial charge in [-0.1, -0.05) is 19.1 Å². The van der Waals surface area contributed by atoms with Crippen LogP contribution < -0.4 is 9.47 Å². The van der Waals surface area contributed by atoms with Gasteiger partial charge >= 0.3 is 0 Å². The molecule has 0 heterocycles. The molecule has 0 aliphatic heterocycles. The molecule has 24 heavy (non-hydrogen) atoms. The summed E-state index contributed by atoms with van der Waals surface area (Å²) in [5, 5.41) is 10.3. The van der Waals surface area contributed by atoms with Gasteiger partial charge in [-0.15, -0.1) is 0 Å². The molecule has 1 unspecified atom stereocenters. The van der Waals surface area contributed by atoms with Crippen LogP contribution in [0, 0.1) is 0 Å². The molecular formula is C19H33NO4. The lowest BCUT2D eigenvalue weighted by Gasteiger charge is -2.27. The van der Waals surface area contributed by atoms with Gasteiger partial charge in [0.25, 0.3) is 0 Å². The van der Waals surface area contributed by atoms with Crippen molar-refractivity contribution in [2.75, 3.05) is 33.9 Å². The summed E-state index contributed by atoms with van der Waals surface area (Å²) in [5.74, 6) is 1.48. The molecule has 0 saturated carbocycles. The third-order valence-electron chi connectivity index (χ3n) is 3.60. The zero-order valence-electron chi connectivity index (χ0n) is 16.0. The molecule has 0 bridgehead atoms. The minimum atomic E-state index is -0.521. The van der Waals surface area contributed by atoms with Crippen molar-refractivity contribution in [3.8, 4) is 11.5 Å². The molecule has 0 spiro atoms. The summed E-state index contributed by atoms with van der Waals surface area (Å²) >= 11 is 0. The van der Waals surface area contributed by atoms with E-state index in [2.05, 4.69) is 11.8 Å². The van der Waals surface area contributed by atoms with Gasteiger partial charge in [-0.2, -0.15) is 0 Å². The second kappa shape index (κ2) is 9.87. The van der Waals surface area contributed by atoms with Crippen LogP contribution in [0.3, 0.4) is 0 Å². The molecule has 138 valence electrons. The normalized spacial score (nSPS) is 13.2. The Morgan fingerprint density at radius 1 is 1.17 bits per heavy atom. The van der Waals surface area contributed by atoms with E-state index in [9.17, 15) is 5.11 Å². The maximum Gasteiger partial charge on any atom is 0.165 e. The SMILES string of the molecule is CCCN(Cc1cccc(OC)c1OC)CC(O)COC(C)(C)C. The second-order valence-electron chi connectivity index (χ2n) is 6.96. The monoisotopic (exact) mass is 339 g/mol. The molecule has 0 radical (unpaired) electrons.